The molecule has 0 atom stereocenters. The first kappa shape index (κ1) is 23.7. The summed E-state index contributed by atoms with van der Waals surface area (Å²) in [5.41, 5.74) is 1.99. The minimum atomic E-state index is -1.22. The molecule has 0 saturated heterocycles. The molecule has 0 fully saturated rings. The quantitative estimate of drug-likeness (QED) is 0.171. The van der Waals surface area contributed by atoms with Gasteiger partial charge in [-0.2, -0.15) is 4.39 Å². The molecule has 0 amide bonds. The van der Waals surface area contributed by atoms with Crippen LogP contribution in [0, 0.1) is 11.8 Å². The van der Waals surface area contributed by atoms with E-state index in [1.165, 1.54) is 24.3 Å². The van der Waals surface area contributed by atoms with Gasteiger partial charge in [0.25, 0.3) is 0 Å². The van der Waals surface area contributed by atoms with Gasteiger partial charge in [-0.05, 0) is 72.8 Å². The van der Waals surface area contributed by atoms with Gasteiger partial charge in [0.2, 0.25) is 5.83 Å². The molecule has 0 spiro atoms. The van der Waals surface area contributed by atoms with Crippen molar-refractivity contribution < 1.29 is 33.0 Å². The third-order valence-corrected chi connectivity index (χ3v) is 4.25. The SMILES string of the molecule is C=COC(=O)c1ccc(C#Cc2ccc(OC(=O)c3ccc(OC(=O)C(=C)F)cc3)cc2)cc1. The lowest BCUT2D eigenvalue weighted by molar-refractivity contribution is -0.131. The topological polar surface area (TPSA) is 78.9 Å². The van der Waals surface area contributed by atoms with E-state index >= 15 is 0 Å². The summed E-state index contributed by atoms with van der Waals surface area (Å²) in [6.45, 7) is 6.19. The molecule has 7 heteroatoms. The van der Waals surface area contributed by atoms with Crippen molar-refractivity contribution in [1.29, 1.82) is 0 Å². The minimum absolute atomic E-state index is 0.0645. The third-order valence-electron chi connectivity index (χ3n) is 4.25. The second-order valence-electron chi connectivity index (χ2n) is 6.63. The van der Waals surface area contributed by atoms with Crippen molar-refractivity contribution in [3.05, 3.63) is 120 Å². The molecule has 6 nitrogen and oxygen atoms in total. The van der Waals surface area contributed by atoms with Crippen molar-refractivity contribution in [1.82, 2.24) is 0 Å². The zero-order valence-corrected chi connectivity index (χ0v) is 17.7. The summed E-state index contributed by atoms with van der Waals surface area (Å²) in [5, 5.41) is 0. The molecule has 0 radical (unpaired) electrons. The molecule has 3 aromatic carbocycles. The van der Waals surface area contributed by atoms with Crippen molar-refractivity contribution in [3.63, 3.8) is 0 Å². The Kier molecular flexibility index (Phi) is 7.71. The summed E-state index contributed by atoms with van der Waals surface area (Å²) in [4.78, 5) is 35.1. The minimum Gasteiger partial charge on any atom is -0.432 e. The Morgan fingerprint density at radius 1 is 0.706 bits per heavy atom. The second-order valence-corrected chi connectivity index (χ2v) is 6.63. The largest absolute Gasteiger partial charge is 0.432 e. The van der Waals surface area contributed by atoms with Crippen molar-refractivity contribution in [2.75, 3.05) is 0 Å². The Morgan fingerprint density at radius 2 is 1.15 bits per heavy atom. The molecule has 34 heavy (non-hydrogen) atoms. The number of carbonyl (C=O) groups is 3. The first-order valence-electron chi connectivity index (χ1n) is 9.78. The van der Waals surface area contributed by atoms with Gasteiger partial charge in [0.15, 0.2) is 0 Å². The summed E-state index contributed by atoms with van der Waals surface area (Å²) in [7, 11) is 0. The number of halogens is 1. The van der Waals surface area contributed by atoms with Crippen LogP contribution in [0.3, 0.4) is 0 Å². The van der Waals surface area contributed by atoms with Gasteiger partial charge in [-0.1, -0.05) is 25.0 Å². The molecule has 0 heterocycles. The lowest BCUT2D eigenvalue weighted by Crippen LogP contribution is -2.10. The smallest absolute Gasteiger partial charge is 0.371 e. The number of carbonyl (C=O) groups excluding carboxylic acids is 3. The summed E-state index contributed by atoms with van der Waals surface area (Å²) >= 11 is 0. The number of benzene rings is 3. The lowest BCUT2D eigenvalue weighted by Gasteiger charge is -2.06. The first-order valence-corrected chi connectivity index (χ1v) is 9.78. The van der Waals surface area contributed by atoms with E-state index < -0.39 is 23.7 Å². The second kappa shape index (κ2) is 11.1. The highest BCUT2D eigenvalue weighted by molar-refractivity contribution is 5.92. The molecule has 0 aliphatic carbocycles. The third kappa shape index (κ3) is 6.52. The Morgan fingerprint density at radius 3 is 1.68 bits per heavy atom. The molecular formula is C27H17FO6. The van der Waals surface area contributed by atoms with Crippen molar-refractivity contribution in [3.8, 4) is 23.3 Å². The number of hydrogen-bond donors (Lipinski definition) is 0. The maximum atomic E-state index is 12.7. The van der Waals surface area contributed by atoms with Crippen molar-refractivity contribution in [2.45, 2.75) is 0 Å². The zero-order chi connectivity index (χ0) is 24.5. The van der Waals surface area contributed by atoms with E-state index in [1.54, 1.807) is 48.5 Å². The molecule has 3 rings (SSSR count). The molecule has 0 aliphatic rings. The Bertz CT molecular complexity index is 1290. The van der Waals surface area contributed by atoms with Gasteiger partial charge >= 0.3 is 17.9 Å². The van der Waals surface area contributed by atoms with Crippen LogP contribution in [0.1, 0.15) is 31.8 Å². The Labute approximate surface area is 194 Å². The van der Waals surface area contributed by atoms with E-state index in [0.29, 0.717) is 22.4 Å². The van der Waals surface area contributed by atoms with Crippen LogP contribution in [0.2, 0.25) is 0 Å². The van der Waals surface area contributed by atoms with Crippen LogP contribution in [-0.4, -0.2) is 17.9 Å². The molecule has 0 aliphatic heterocycles. The monoisotopic (exact) mass is 456 g/mol. The van der Waals surface area contributed by atoms with Gasteiger partial charge in [0, 0.05) is 11.1 Å². The van der Waals surface area contributed by atoms with Crippen LogP contribution in [-0.2, 0) is 9.53 Å². The Balaban J connectivity index is 1.59. The average molecular weight is 456 g/mol. The van der Waals surface area contributed by atoms with E-state index in [4.69, 9.17) is 14.2 Å². The summed E-state index contributed by atoms with van der Waals surface area (Å²) in [6, 6.07) is 18.6. The standard InChI is InChI=1S/C27H17FO6/c1-3-32-26(30)21-10-6-19(7-11-21)4-5-20-8-14-23(15-9-20)34-27(31)22-12-16-24(17-13-22)33-25(29)18(2)28/h3,6-17H,1-2H2. The molecule has 0 unspecified atom stereocenters. The van der Waals surface area contributed by atoms with Gasteiger partial charge in [0.1, 0.15) is 11.5 Å². The summed E-state index contributed by atoms with van der Waals surface area (Å²) in [6.07, 6.45) is 1.07. The fourth-order valence-electron chi connectivity index (χ4n) is 2.57. The van der Waals surface area contributed by atoms with Crippen LogP contribution in [0.15, 0.2) is 98.0 Å². The highest BCUT2D eigenvalue weighted by Crippen LogP contribution is 2.17. The van der Waals surface area contributed by atoms with Crippen LogP contribution >= 0.6 is 0 Å². The lowest BCUT2D eigenvalue weighted by atomic mass is 10.1. The normalized spacial score (nSPS) is 9.68. The van der Waals surface area contributed by atoms with Crippen molar-refractivity contribution in [2.24, 2.45) is 0 Å². The highest BCUT2D eigenvalue weighted by atomic mass is 19.1. The predicted molar refractivity (Wildman–Crippen MR) is 122 cm³/mol. The number of hydrogen-bond acceptors (Lipinski definition) is 6. The fraction of sp³-hybridized carbons (Fsp3) is 0. The van der Waals surface area contributed by atoms with Gasteiger partial charge in [-0.15, -0.1) is 0 Å². The number of ether oxygens (including phenoxy) is 3. The van der Waals surface area contributed by atoms with Gasteiger partial charge < -0.3 is 14.2 Å². The predicted octanol–water partition coefficient (Wildman–Crippen LogP) is 4.99. The van der Waals surface area contributed by atoms with Crippen molar-refractivity contribution >= 4 is 17.9 Å². The molecule has 0 N–H and O–H groups in total. The van der Waals surface area contributed by atoms with Crippen LogP contribution in [0.25, 0.3) is 0 Å². The molecule has 0 saturated carbocycles. The first-order chi connectivity index (χ1) is 16.4. The van der Waals surface area contributed by atoms with Gasteiger partial charge in [-0.3, -0.25) is 0 Å². The molecule has 168 valence electrons. The maximum Gasteiger partial charge on any atom is 0.371 e. The fourth-order valence-corrected chi connectivity index (χ4v) is 2.57. The molecular weight excluding hydrogens is 439 g/mol. The van der Waals surface area contributed by atoms with Gasteiger partial charge in [-0.25, -0.2) is 14.4 Å². The maximum absolute atomic E-state index is 12.7. The number of esters is 3. The van der Waals surface area contributed by atoms with E-state index in [1.807, 2.05) is 0 Å². The molecule has 3 aromatic rings. The molecule has 0 aromatic heterocycles. The zero-order valence-electron chi connectivity index (χ0n) is 17.7. The van der Waals surface area contributed by atoms with E-state index in [0.717, 1.165) is 6.26 Å². The molecule has 0 bridgehead atoms. The van der Waals surface area contributed by atoms with Crippen LogP contribution < -0.4 is 9.47 Å². The number of rotatable bonds is 6. The van der Waals surface area contributed by atoms with Crippen LogP contribution in [0.5, 0.6) is 11.5 Å². The Hall–Kier alpha value is -4.96. The van der Waals surface area contributed by atoms with Crippen LogP contribution in [0.4, 0.5) is 4.39 Å². The van der Waals surface area contributed by atoms with E-state index in [9.17, 15) is 18.8 Å². The summed E-state index contributed by atoms with van der Waals surface area (Å²) in [5.74, 6) is 2.78. The van der Waals surface area contributed by atoms with E-state index in [-0.39, 0.29) is 11.3 Å². The average Bonchev–Trinajstić information content (AvgIpc) is 2.84. The highest BCUT2D eigenvalue weighted by Gasteiger charge is 2.12. The summed E-state index contributed by atoms with van der Waals surface area (Å²) < 4.78 is 27.4. The van der Waals surface area contributed by atoms with E-state index in [2.05, 4.69) is 25.0 Å². The van der Waals surface area contributed by atoms with Gasteiger partial charge in [0.05, 0.1) is 17.4 Å².